The zero-order valence-electron chi connectivity index (χ0n) is 15.6. The van der Waals surface area contributed by atoms with Crippen LogP contribution in [0.5, 0.6) is 0 Å². The molecule has 0 saturated carbocycles. The van der Waals surface area contributed by atoms with Crippen LogP contribution in [0, 0.1) is 6.92 Å². The van der Waals surface area contributed by atoms with Gasteiger partial charge in [-0.2, -0.15) is 0 Å². The Morgan fingerprint density at radius 1 is 1.07 bits per heavy atom. The van der Waals surface area contributed by atoms with Crippen molar-refractivity contribution in [1.29, 1.82) is 0 Å². The number of para-hydroxylation sites is 1. The van der Waals surface area contributed by atoms with Crippen LogP contribution in [0.1, 0.15) is 18.1 Å². The van der Waals surface area contributed by atoms with E-state index in [0.29, 0.717) is 5.11 Å². The van der Waals surface area contributed by atoms with Gasteiger partial charge in [-0.05, 0) is 55.4 Å². The molecule has 5 nitrogen and oxygen atoms in total. The van der Waals surface area contributed by atoms with E-state index in [4.69, 9.17) is 17.0 Å². The highest BCUT2D eigenvalue weighted by Gasteiger charge is 2.47. The third-order valence-electron chi connectivity index (χ3n) is 5.37. The van der Waals surface area contributed by atoms with Gasteiger partial charge < -0.3 is 15.0 Å². The molecule has 2 saturated heterocycles. The van der Waals surface area contributed by atoms with Crippen LogP contribution in [0.2, 0.25) is 0 Å². The Balaban J connectivity index is 1.62. The summed E-state index contributed by atoms with van der Waals surface area (Å²) >= 11 is 5.51. The topological polar surface area (TPSA) is 44.8 Å². The van der Waals surface area contributed by atoms with Crippen molar-refractivity contribution in [3.05, 3.63) is 59.7 Å². The van der Waals surface area contributed by atoms with Gasteiger partial charge in [-0.15, -0.1) is 0 Å². The van der Waals surface area contributed by atoms with E-state index in [-0.39, 0.29) is 5.91 Å². The first kappa shape index (κ1) is 17.9. The maximum Gasteiger partial charge on any atom is 0.263 e. The zero-order valence-corrected chi connectivity index (χ0v) is 16.4. The van der Waals surface area contributed by atoms with Crippen LogP contribution in [0.3, 0.4) is 0 Å². The molecule has 140 valence electrons. The smallest absolute Gasteiger partial charge is 0.263 e. The van der Waals surface area contributed by atoms with Gasteiger partial charge in [0.05, 0.1) is 18.9 Å². The van der Waals surface area contributed by atoms with Crippen molar-refractivity contribution >= 4 is 34.6 Å². The third-order valence-corrected chi connectivity index (χ3v) is 5.65. The van der Waals surface area contributed by atoms with Crippen LogP contribution in [-0.2, 0) is 15.1 Å². The molecule has 6 heteroatoms. The van der Waals surface area contributed by atoms with Gasteiger partial charge in [-0.3, -0.25) is 9.69 Å². The second-order valence-corrected chi connectivity index (χ2v) is 7.52. The fraction of sp³-hybridized carbons (Fsp3) is 0.333. The lowest BCUT2D eigenvalue weighted by Crippen LogP contribution is -2.41. The summed E-state index contributed by atoms with van der Waals surface area (Å²) in [7, 11) is 0. The normalized spacial score (nSPS) is 22.9. The largest absolute Gasteiger partial charge is 0.378 e. The minimum Gasteiger partial charge on any atom is -0.378 e. The first-order chi connectivity index (χ1) is 13.0. The molecule has 4 rings (SSSR count). The molecule has 0 spiro atoms. The summed E-state index contributed by atoms with van der Waals surface area (Å²) in [6.45, 7) is 7.15. The maximum absolute atomic E-state index is 13.3. The van der Waals surface area contributed by atoms with Crippen molar-refractivity contribution in [1.82, 2.24) is 5.32 Å². The Labute approximate surface area is 164 Å². The van der Waals surface area contributed by atoms with Crippen LogP contribution in [-0.4, -0.2) is 37.3 Å². The molecule has 1 unspecified atom stereocenters. The highest BCUT2D eigenvalue weighted by Crippen LogP contribution is 2.34. The maximum atomic E-state index is 13.3. The number of morpholine rings is 1. The number of aryl methyl sites for hydroxylation is 1. The number of hydrogen-bond acceptors (Lipinski definition) is 4. The zero-order chi connectivity index (χ0) is 19.0. The van der Waals surface area contributed by atoms with E-state index in [0.717, 1.165) is 48.8 Å². The van der Waals surface area contributed by atoms with Gasteiger partial charge in [0, 0.05) is 18.8 Å². The van der Waals surface area contributed by atoms with E-state index >= 15 is 0 Å². The molecule has 2 fully saturated rings. The first-order valence-corrected chi connectivity index (χ1v) is 9.57. The number of ether oxygens (including phenoxy) is 1. The van der Waals surface area contributed by atoms with E-state index < -0.39 is 5.54 Å². The Hall–Kier alpha value is -2.44. The summed E-state index contributed by atoms with van der Waals surface area (Å²) in [4.78, 5) is 17.2. The number of benzene rings is 2. The van der Waals surface area contributed by atoms with Gasteiger partial charge in [-0.1, -0.05) is 30.3 Å². The molecule has 0 bridgehead atoms. The fourth-order valence-corrected chi connectivity index (χ4v) is 4.08. The number of anilines is 2. The monoisotopic (exact) mass is 381 g/mol. The summed E-state index contributed by atoms with van der Waals surface area (Å²) in [5.74, 6) is -0.0547. The minimum atomic E-state index is -0.872. The number of hydrogen-bond donors (Lipinski definition) is 1. The first-order valence-electron chi connectivity index (χ1n) is 9.16. The van der Waals surface area contributed by atoms with Crippen LogP contribution in [0.15, 0.2) is 48.5 Å². The number of rotatable bonds is 3. The molecular weight excluding hydrogens is 358 g/mol. The number of carbonyl (C=O) groups excluding carboxylic acids is 1. The van der Waals surface area contributed by atoms with Crippen molar-refractivity contribution in [3.8, 4) is 0 Å². The van der Waals surface area contributed by atoms with Crippen molar-refractivity contribution in [2.75, 3.05) is 36.1 Å². The van der Waals surface area contributed by atoms with Crippen molar-refractivity contribution < 1.29 is 9.53 Å². The van der Waals surface area contributed by atoms with E-state index in [2.05, 4.69) is 22.3 Å². The Bertz CT molecular complexity index is 877. The summed E-state index contributed by atoms with van der Waals surface area (Å²) < 4.78 is 5.42. The Morgan fingerprint density at radius 3 is 2.41 bits per heavy atom. The third kappa shape index (κ3) is 3.09. The Morgan fingerprint density at radius 2 is 1.74 bits per heavy atom. The molecule has 0 aliphatic carbocycles. The van der Waals surface area contributed by atoms with E-state index in [1.807, 2.05) is 50.2 Å². The van der Waals surface area contributed by atoms with Crippen LogP contribution < -0.4 is 15.1 Å². The molecule has 2 aliphatic rings. The van der Waals surface area contributed by atoms with Crippen LogP contribution >= 0.6 is 12.2 Å². The molecule has 2 heterocycles. The molecule has 1 N–H and O–H groups in total. The molecule has 27 heavy (non-hydrogen) atoms. The van der Waals surface area contributed by atoms with Crippen molar-refractivity contribution in [3.63, 3.8) is 0 Å². The summed E-state index contributed by atoms with van der Waals surface area (Å²) in [6, 6.07) is 16.0. The predicted octanol–water partition coefficient (Wildman–Crippen LogP) is 2.97. The summed E-state index contributed by atoms with van der Waals surface area (Å²) in [5.41, 5.74) is 3.02. The quantitative estimate of drug-likeness (QED) is 0.828. The predicted molar refractivity (Wildman–Crippen MR) is 111 cm³/mol. The fourth-order valence-electron chi connectivity index (χ4n) is 3.69. The van der Waals surface area contributed by atoms with Gasteiger partial charge in [0.25, 0.3) is 5.91 Å². The average molecular weight is 382 g/mol. The lowest BCUT2D eigenvalue weighted by atomic mass is 9.91. The van der Waals surface area contributed by atoms with Crippen molar-refractivity contribution in [2.45, 2.75) is 19.4 Å². The summed E-state index contributed by atoms with van der Waals surface area (Å²) in [6.07, 6.45) is 0. The molecule has 0 radical (unpaired) electrons. The molecule has 1 atom stereocenters. The molecular formula is C21H23N3O2S. The lowest BCUT2D eigenvalue weighted by Gasteiger charge is -2.30. The van der Waals surface area contributed by atoms with Gasteiger partial charge in [0.15, 0.2) is 5.11 Å². The Kier molecular flexibility index (Phi) is 4.61. The number of amides is 1. The lowest BCUT2D eigenvalue weighted by molar-refractivity contribution is -0.121. The SMILES string of the molecule is Cc1ccccc1N1C(=O)C(C)(c2ccc(N3CCOCC3)cc2)NC1=S. The molecule has 2 aliphatic heterocycles. The second kappa shape index (κ2) is 6.94. The second-order valence-electron chi connectivity index (χ2n) is 7.13. The number of carbonyl (C=O) groups is 1. The molecule has 1 amide bonds. The molecule has 2 aromatic carbocycles. The molecule has 0 aromatic heterocycles. The number of nitrogens with zero attached hydrogens (tertiary/aromatic N) is 2. The number of thiocarbonyl (C=S) groups is 1. The van der Waals surface area contributed by atoms with E-state index in [9.17, 15) is 4.79 Å². The van der Waals surface area contributed by atoms with Crippen LogP contribution in [0.25, 0.3) is 0 Å². The standard InChI is InChI=1S/C21H23N3O2S/c1-15-5-3-4-6-18(15)24-19(25)21(2,22-20(24)27)16-7-9-17(10-8-16)23-11-13-26-14-12-23/h3-10H,11-14H2,1-2H3,(H,22,27). The average Bonchev–Trinajstić information content (AvgIpc) is 2.93. The molecule has 2 aromatic rings. The van der Waals surface area contributed by atoms with E-state index in [1.165, 1.54) is 0 Å². The minimum absolute atomic E-state index is 0.0547. The highest BCUT2D eigenvalue weighted by atomic mass is 32.1. The van der Waals surface area contributed by atoms with E-state index in [1.54, 1.807) is 4.90 Å². The van der Waals surface area contributed by atoms with Crippen LogP contribution in [0.4, 0.5) is 11.4 Å². The van der Waals surface area contributed by atoms with Gasteiger partial charge in [0.2, 0.25) is 0 Å². The van der Waals surface area contributed by atoms with Gasteiger partial charge in [0.1, 0.15) is 5.54 Å². The van der Waals surface area contributed by atoms with Gasteiger partial charge >= 0.3 is 0 Å². The summed E-state index contributed by atoms with van der Waals surface area (Å²) in [5, 5.41) is 3.68. The van der Waals surface area contributed by atoms with Gasteiger partial charge in [-0.25, -0.2) is 0 Å². The highest BCUT2D eigenvalue weighted by molar-refractivity contribution is 7.80. The number of nitrogens with one attached hydrogen (secondary N) is 1. The van der Waals surface area contributed by atoms with Crippen molar-refractivity contribution in [2.24, 2.45) is 0 Å².